The molecule has 18 heavy (non-hydrogen) atoms. The Bertz CT molecular complexity index is 405. The van der Waals surface area contributed by atoms with Crippen LogP contribution >= 0.6 is 0 Å². The van der Waals surface area contributed by atoms with Gasteiger partial charge in [0.1, 0.15) is 11.6 Å². The third-order valence-corrected chi connectivity index (χ3v) is 3.24. The smallest absolute Gasteiger partial charge is 0.144 e. The fraction of sp³-hybridized carbons (Fsp3) is 0.667. The van der Waals surface area contributed by atoms with E-state index in [1.165, 1.54) is 0 Å². The Morgan fingerprint density at radius 3 is 2.83 bits per heavy atom. The Morgan fingerprint density at radius 2 is 2.22 bits per heavy atom. The third-order valence-electron chi connectivity index (χ3n) is 3.24. The SMILES string of the molecule is Cc1cc(NN)nc(CN(C)CC2CC(O)C2)n1. The van der Waals surface area contributed by atoms with Gasteiger partial charge in [0.25, 0.3) is 0 Å². The molecule has 0 saturated heterocycles. The van der Waals surface area contributed by atoms with Crippen molar-refractivity contribution in [3.63, 3.8) is 0 Å². The molecule has 100 valence electrons. The fourth-order valence-electron chi connectivity index (χ4n) is 2.37. The van der Waals surface area contributed by atoms with Gasteiger partial charge in [-0.15, -0.1) is 0 Å². The molecule has 1 aliphatic rings. The maximum absolute atomic E-state index is 9.26. The molecule has 4 N–H and O–H groups in total. The Balaban J connectivity index is 1.89. The summed E-state index contributed by atoms with van der Waals surface area (Å²) in [5.74, 6) is 7.37. The van der Waals surface area contributed by atoms with E-state index >= 15 is 0 Å². The molecule has 1 aromatic rings. The van der Waals surface area contributed by atoms with Crippen LogP contribution in [0.15, 0.2) is 6.07 Å². The lowest BCUT2D eigenvalue weighted by Crippen LogP contribution is -2.37. The van der Waals surface area contributed by atoms with Gasteiger partial charge in [-0.2, -0.15) is 0 Å². The average molecular weight is 251 g/mol. The molecule has 0 spiro atoms. The number of hydrogen-bond donors (Lipinski definition) is 3. The maximum Gasteiger partial charge on any atom is 0.144 e. The topological polar surface area (TPSA) is 87.3 Å². The van der Waals surface area contributed by atoms with Crippen LogP contribution in [0.4, 0.5) is 5.82 Å². The first-order valence-electron chi connectivity index (χ1n) is 6.24. The summed E-state index contributed by atoms with van der Waals surface area (Å²) >= 11 is 0. The number of hydrazine groups is 1. The number of nitrogens with one attached hydrogen (secondary N) is 1. The summed E-state index contributed by atoms with van der Waals surface area (Å²) in [5, 5.41) is 9.26. The van der Waals surface area contributed by atoms with Crippen molar-refractivity contribution in [2.45, 2.75) is 32.4 Å². The van der Waals surface area contributed by atoms with Crippen LogP contribution in [0, 0.1) is 12.8 Å². The van der Waals surface area contributed by atoms with Crippen molar-refractivity contribution in [2.24, 2.45) is 11.8 Å². The van der Waals surface area contributed by atoms with E-state index in [2.05, 4.69) is 20.3 Å². The molecular weight excluding hydrogens is 230 g/mol. The molecule has 6 heteroatoms. The highest BCUT2D eigenvalue weighted by Crippen LogP contribution is 2.27. The van der Waals surface area contributed by atoms with Gasteiger partial charge in [0.2, 0.25) is 0 Å². The molecule has 2 rings (SSSR count). The van der Waals surface area contributed by atoms with Gasteiger partial charge in [0.15, 0.2) is 0 Å². The predicted octanol–water partition coefficient (Wildman–Crippen LogP) is 0.273. The van der Waals surface area contributed by atoms with Crippen molar-refractivity contribution in [1.82, 2.24) is 14.9 Å². The number of nitrogens with two attached hydrogens (primary N) is 1. The van der Waals surface area contributed by atoms with Crippen LogP contribution in [0.5, 0.6) is 0 Å². The molecule has 0 unspecified atom stereocenters. The Morgan fingerprint density at radius 1 is 1.50 bits per heavy atom. The van der Waals surface area contributed by atoms with Crippen molar-refractivity contribution in [3.05, 3.63) is 17.6 Å². The lowest BCUT2D eigenvalue weighted by molar-refractivity contribution is 0.0271. The highest BCUT2D eigenvalue weighted by atomic mass is 16.3. The van der Waals surface area contributed by atoms with Gasteiger partial charge in [-0.25, -0.2) is 15.8 Å². The van der Waals surface area contributed by atoms with E-state index in [1.807, 2.05) is 20.0 Å². The van der Waals surface area contributed by atoms with E-state index in [9.17, 15) is 5.11 Å². The van der Waals surface area contributed by atoms with Crippen molar-refractivity contribution in [2.75, 3.05) is 19.0 Å². The number of aromatic nitrogens is 2. The first-order valence-corrected chi connectivity index (χ1v) is 6.24. The minimum Gasteiger partial charge on any atom is -0.393 e. The van der Waals surface area contributed by atoms with Crippen molar-refractivity contribution < 1.29 is 5.11 Å². The summed E-state index contributed by atoms with van der Waals surface area (Å²) in [6.07, 6.45) is 1.73. The first kappa shape index (κ1) is 13.2. The zero-order valence-corrected chi connectivity index (χ0v) is 10.9. The number of nitrogens with zero attached hydrogens (tertiary/aromatic N) is 3. The summed E-state index contributed by atoms with van der Waals surface area (Å²) in [6, 6.07) is 1.81. The molecule has 0 atom stereocenters. The number of rotatable bonds is 5. The van der Waals surface area contributed by atoms with E-state index < -0.39 is 0 Å². The molecule has 1 heterocycles. The van der Waals surface area contributed by atoms with Crippen LogP contribution in [0.25, 0.3) is 0 Å². The minimum atomic E-state index is -0.0911. The second-order valence-corrected chi connectivity index (χ2v) is 5.14. The number of hydrogen-bond acceptors (Lipinski definition) is 6. The van der Waals surface area contributed by atoms with Gasteiger partial charge >= 0.3 is 0 Å². The normalized spacial score (nSPS) is 22.9. The van der Waals surface area contributed by atoms with Crippen LogP contribution in [-0.2, 0) is 6.54 Å². The molecule has 6 nitrogen and oxygen atoms in total. The molecule has 0 aliphatic heterocycles. The third kappa shape index (κ3) is 3.38. The second-order valence-electron chi connectivity index (χ2n) is 5.14. The zero-order valence-electron chi connectivity index (χ0n) is 10.9. The molecular formula is C12H21N5O. The molecule has 0 aromatic carbocycles. The van der Waals surface area contributed by atoms with Gasteiger partial charge in [-0.3, -0.25) is 4.90 Å². The number of aliphatic hydroxyl groups is 1. The van der Waals surface area contributed by atoms with Gasteiger partial charge in [0, 0.05) is 18.3 Å². The molecule has 1 fully saturated rings. The summed E-state index contributed by atoms with van der Waals surface area (Å²) < 4.78 is 0. The highest BCUT2D eigenvalue weighted by molar-refractivity contribution is 5.33. The summed E-state index contributed by atoms with van der Waals surface area (Å²) in [4.78, 5) is 10.9. The molecule has 0 bridgehead atoms. The molecule has 1 aromatic heterocycles. The number of anilines is 1. The van der Waals surface area contributed by atoms with E-state index in [1.54, 1.807) is 0 Å². The van der Waals surface area contributed by atoms with E-state index in [0.717, 1.165) is 30.9 Å². The van der Waals surface area contributed by atoms with Crippen molar-refractivity contribution in [1.29, 1.82) is 0 Å². The Kier molecular flexibility index (Phi) is 4.11. The molecule has 0 radical (unpaired) electrons. The monoisotopic (exact) mass is 251 g/mol. The lowest BCUT2D eigenvalue weighted by Gasteiger charge is -2.34. The maximum atomic E-state index is 9.26. The molecule has 1 saturated carbocycles. The first-order chi connectivity index (χ1) is 8.56. The second kappa shape index (κ2) is 5.60. The number of aryl methyl sites for hydroxylation is 1. The van der Waals surface area contributed by atoms with Crippen LogP contribution in [0.2, 0.25) is 0 Å². The quantitative estimate of drug-likeness (QED) is 0.514. The number of aliphatic hydroxyl groups excluding tert-OH is 1. The minimum absolute atomic E-state index is 0.0911. The Labute approximate surface area is 107 Å². The average Bonchev–Trinajstić information content (AvgIpc) is 2.26. The Hall–Kier alpha value is -1.24. The van der Waals surface area contributed by atoms with Crippen LogP contribution < -0.4 is 11.3 Å². The van der Waals surface area contributed by atoms with Crippen molar-refractivity contribution in [3.8, 4) is 0 Å². The van der Waals surface area contributed by atoms with Crippen LogP contribution in [0.3, 0.4) is 0 Å². The highest BCUT2D eigenvalue weighted by Gasteiger charge is 2.27. The zero-order chi connectivity index (χ0) is 13.1. The fourth-order valence-corrected chi connectivity index (χ4v) is 2.37. The summed E-state index contributed by atoms with van der Waals surface area (Å²) in [7, 11) is 2.05. The summed E-state index contributed by atoms with van der Waals surface area (Å²) in [5.41, 5.74) is 3.45. The van der Waals surface area contributed by atoms with E-state index in [0.29, 0.717) is 18.3 Å². The lowest BCUT2D eigenvalue weighted by atomic mass is 9.82. The van der Waals surface area contributed by atoms with E-state index in [-0.39, 0.29) is 6.10 Å². The van der Waals surface area contributed by atoms with Gasteiger partial charge in [-0.05, 0) is 32.7 Å². The van der Waals surface area contributed by atoms with Gasteiger partial charge in [-0.1, -0.05) is 0 Å². The summed E-state index contributed by atoms with van der Waals surface area (Å²) in [6.45, 7) is 3.59. The van der Waals surface area contributed by atoms with Crippen LogP contribution in [-0.4, -0.2) is 39.7 Å². The largest absolute Gasteiger partial charge is 0.393 e. The van der Waals surface area contributed by atoms with Crippen LogP contribution in [0.1, 0.15) is 24.4 Å². The van der Waals surface area contributed by atoms with Gasteiger partial charge < -0.3 is 10.5 Å². The molecule has 0 amide bonds. The van der Waals surface area contributed by atoms with Gasteiger partial charge in [0.05, 0.1) is 12.6 Å². The molecule has 1 aliphatic carbocycles. The number of nitrogen functional groups attached to an aromatic ring is 1. The standard InChI is InChI=1S/C12H21N5O/c1-8-3-11(16-13)15-12(14-8)7-17(2)6-9-4-10(18)5-9/h3,9-10,18H,4-7,13H2,1-2H3,(H,14,15,16). The van der Waals surface area contributed by atoms with Crippen molar-refractivity contribution >= 4 is 5.82 Å². The predicted molar refractivity (Wildman–Crippen MR) is 69.6 cm³/mol. The van der Waals surface area contributed by atoms with E-state index in [4.69, 9.17) is 5.84 Å².